The Hall–Kier alpha value is -2.30. The van der Waals surface area contributed by atoms with Crippen molar-refractivity contribution in [2.45, 2.75) is 20.0 Å². The minimum atomic E-state index is -0.354. The van der Waals surface area contributed by atoms with Gasteiger partial charge in [-0.2, -0.15) is 0 Å². The van der Waals surface area contributed by atoms with Gasteiger partial charge >= 0.3 is 0 Å². The maximum absolute atomic E-state index is 11.8. The topological polar surface area (TPSA) is 64.4 Å². The van der Waals surface area contributed by atoms with E-state index in [4.69, 9.17) is 9.26 Å². The molecule has 1 heterocycles. The van der Waals surface area contributed by atoms with E-state index in [-0.39, 0.29) is 17.8 Å². The van der Waals surface area contributed by atoms with Gasteiger partial charge in [0.05, 0.1) is 18.0 Å². The van der Waals surface area contributed by atoms with Gasteiger partial charge in [-0.25, -0.2) is 0 Å². The number of carbonyl (C=O) groups is 1. The molecule has 2 aromatic rings. The van der Waals surface area contributed by atoms with E-state index in [2.05, 4.69) is 10.5 Å². The first kappa shape index (κ1) is 12.2. The Balaban J connectivity index is 2.16. The highest BCUT2D eigenvalue weighted by atomic mass is 16.5. The predicted molar refractivity (Wildman–Crippen MR) is 66.7 cm³/mol. The summed E-state index contributed by atoms with van der Waals surface area (Å²) in [4.78, 5) is 11.8. The van der Waals surface area contributed by atoms with Gasteiger partial charge in [0.15, 0.2) is 0 Å². The van der Waals surface area contributed by atoms with Gasteiger partial charge in [0, 0.05) is 6.07 Å². The van der Waals surface area contributed by atoms with Crippen LogP contribution in [0.2, 0.25) is 0 Å². The van der Waals surface area contributed by atoms with E-state index in [0.29, 0.717) is 11.4 Å². The molecule has 0 atom stereocenters. The van der Waals surface area contributed by atoms with Crippen LogP contribution in [0.25, 0.3) is 0 Å². The number of benzene rings is 1. The predicted octanol–water partition coefficient (Wildman–Crippen LogP) is 2.71. The van der Waals surface area contributed by atoms with Crippen LogP contribution >= 0.6 is 0 Å². The molecule has 5 heteroatoms. The number of anilines is 1. The Morgan fingerprint density at radius 3 is 2.78 bits per heavy atom. The number of nitrogens with one attached hydrogen (secondary N) is 1. The third-order valence-electron chi connectivity index (χ3n) is 2.16. The minimum Gasteiger partial charge on any atom is -0.489 e. The van der Waals surface area contributed by atoms with Gasteiger partial charge in [-0.05, 0) is 26.0 Å². The Kier molecular flexibility index (Phi) is 3.62. The third kappa shape index (κ3) is 2.88. The Morgan fingerprint density at radius 2 is 2.11 bits per heavy atom. The van der Waals surface area contributed by atoms with Crippen LogP contribution in [-0.2, 0) is 0 Å². The average molecular weight is 246 g/mol. The van der Waals surface area contributed by atoms with Crippen molar-refractivity contribution in [3.05, 3.63) is 42.3 Å². The summed E-state index contributed by atoms with van der Waals surface area (Å²) < 4.78 is 10.4. The maximum Gasteiger partial charge on any atom is 0.294 e. The number of rotatable bonds is 4. The van der Waals surface area contributed by atoms with Gasteiger partial charge < -0.3 is 14.6 Å². The maximum atomic E-state index is 11.8. The Labute approximate surface area is 105 Å². The van der Waals surface area contributed by atoms with Gasteiger partial charge in [0.2, 0.25) is 5.76 Å². The summed E-state index contributed by atoms with van der Waals surface area (Å²) in [6.45, 7) is 3.85. The lowest BCUT2D eigenvalue weighted by molar-refractivity contribution is 0.0987. The van der Waals surface area contributed by atoms with Crippen molar-refractivity contribution in [3.8, 4) is 5.75 Å². The molecule has 0 aliphatic rings. The highest BCUT2D eigenvalue weighted by Crippen LogP contribution is 2.25. The molecule has 2 rings (SSSR count). The molecule has 0 bridgehead atoms. The zero-order valence-corrected chi connectivity index (χ0v) is 10.2. The third-order valence-corrected chi connectivity index (χ3v) is 2.16. The van der Waals surface area contributed by atoms with E-state index in [1.54, 1.807) is 12.1 Å². The molecule has 1 N–H and O–H groups in total. The number of para-hydroxylation sites is 2. The fourth-order valence-electron chi connectivity index (χ4n) is 1.44. The molecule has 0 saturated carbocycles. The summed E-state index contributed by atoms with van der Waals surface area (Å²) in [7, 11) is 0. The number of amides is 1. The van der Waals surface area contributed by atoms with E-state index in [1.165, 1.54) is 12.3 Å². The second kappa shape index (κ2) is 5.35. The molecular weight excluding hydrogens is 232 g/mol. The average Bonchev–Trinajstić information content (AvgIpc) is 2.84. The molecule has 0 spiro atoms. The lowest BCUT2D eigenvalue weighted by atomic mass is 10.2. The quantitative estimate of drug-likeness (QED) is 0.900. The SMILES string of the molecule is CC(C)Oc1ccccc1NC(=O)c1ccno1. The van der Waals surface area contributed by atoms with Crippen molar-refractivity contribution in [2.75, 3.05) is 5.32 Å². The number of nitrogens with zero attached hydrogens (tertiary/aromatic N) is 1. The van der Waals surface area contributed by atoms with E-state index in [1.807, 2.05) is 26.0 Å². The van der Waals surface area contributed by atoms with Crippen LogP contribution in [0.4, 0.5) is 5.69 Å². The molecule has 1 aromatic heterocycles. The van der Waals surface area contributed by atoms with Gasteiger partial charge in [0.1, 0.15) is 5.75 Å². The lowest BCUT2D eigenvalue weighted by Crippen LogP contribution is -2.13. The largest absolute Gasteiger partial charge is 0.489 e. The molecule has 0 fully saturated rings. The summed E-state index contributed by atoms with van der Waals surface area (Å²) in [6, 6.07) is 8.74. The van der Waals surface area contributed by atoms with E-state index in [0.717, 1.165) is 0 Å². The van der Waals surface area contributed by atoms with Gasteiger partial charge in [-0.15, -0.1) is 0 Å². The number of ether oxygens (including phenoxy) is 1. The zero-order valence-electron chi connectivity index (χ0n) is 10.2. The molecular formula is C13H14N2O3. The van der Waals surface area contributed by atoms with Crippen LogP contribution in [0.3, 0.4) is 0 Å². The normalized spacial score (nSPS) is 10.4. The van der Waals surface area contributed by atoms with Crippen LogP contribution in [0.1, 0.15) is 24.4 Å². The summed E-state index contributed by atoms with van der Waals surface area (Å²) in [6.07, 6.45) is 1.46. The summed E-state index contributed by atoms with van der Waals surface area (Å²) in [5.74, 6) is 0.432. The van der Waals surface area contributed by atoms with E-state index < -0.39 is 0 Å². The molecule has 0 aliphatic carbocycles. The zero-order chi connectivity index (χ0) is 13.0. The molecule has 0 unspecified atom stereocenters. The van der Waals surface area contributed by atoms with Gasteiger partial charge in [-0.3, -0.25) is 4.79 Å². The smallest absolute Gasteiger partial charge is 0.294 e. The lowest BCUT2D eigenvalue weighted by Gasteiger charge is -2.14. The first-order valence-electron chi connectivity index (χ1n) is 5.64. The molecule has 1 aromatic carbocycles. The van der Waals surface area contributed by atoms with Crippen molar-refractivity contribution in [1.29, 1.82) is 0 Å². The summed E-state index contributed by atoms with van der Waals surface area (Å²) >= 11 is 0. The molecule has 0 radical (unpaired) electrons. The molecule has 94 valence electrons. The molecule has 0 saturated heterocycles. The van der Waals surface area contributed by atoms with Crippen molar-refractivity contribution < 1.29 is 14.1 Å². The first-order chi connectivity index (χ1) is 8.66. The Bertz CT molecular complexity index is 521. The Morgan fingerprint density at radius 1 is 1.33 bits per heavy atom. The van der Waals surface area contributed by atoms with E-state index >= 15 is 0 Å². The summed E-state index contributed by atoms with van der Waals surface area (Å²) in [5, 5.41) is 6.21. The van der Waals surface area contributed by atoms with Crippen LogP contribution in [0.5, 0.6) is 5.75 Å². The monoisotopic (exact) mass is 246 g/mol. The van der Waals surface area contributed by atoms with Crippen LogP contribution in [0, 0.1) is 0 Å². The highest BCUT2D eigenvalue weighted by Gasteiger charge is 2.13. The van der Waals surface area contributed by atoms with E-state index in [9.17, 15) is 4.79 Å². The standard InChI is InChI=1S/C13H14N2O3/c1-9(2)17-11-6-4-3-5-10(11)15-13(16)12-7-8-14-18-12/h3-9H,1-2H3,(H,15,16). The van der Waals surface area contributed by atoms with Gasteiger partial charge in [0.25, 0.3) is 5.91 Å². The number of carbonyl (C=O) groups excluding carboxylic acids is 1. The van der Waals surface area contributed by atoms with Crippen LogP contribution < -0.4 is 10.1 Å². The second-order valence-corrected chi connectivity index (χ2v) is 3.99. The number of aromatic nitrogens is 1. The van der Waals surface area contributed by atoms with Crippen molar-refractivity contribution >= 4 is 11.6 Å². The molecule has 5 nitrogen and oxygen atoms in total. The molecule has 0 aliphatic heterocycles. The fraction of sp³-hybridized carbons (Fsp3) is 0.231. The van der Waals surface area contributed by atoms with Crippen molar-refractivity contribution in [2.24, 2.45) is 0 Å². The molecule has 1 amide bonds. The van der Waals surface area contributed by atoms with Crippen LogP contribution in [0.15, 0.2) is 41.1 Å². The minimum absolute atomic E-state index is 0.0355. The second-order valence-electron chi connectivity index (χ2n) is 3.99. The molecule has 18 heavy (non-hydrogen) atoms. The number of hydrogen-bond donors (Lipinski definition) is 1. The van der Waals surface area contributed by atoms with Crippen molar-refractivity contribution in [1.82, 2.24) is 5.16 Å². The van der Waals surface area contributed by atoms with Gasteiger partial charge in [-0.1, -0.05) is 17.3 Å². The van der Waals surface area contributed by atoms with Crippen LogP contribution in [-0.4, -0.2) is 17.2 Å². The fourth-order valence-corrected chi connectivity index (χ4v) is 1.44. The number of hydrogen-bond acceptors (Lipinski definition) is 4. The van der Waals surface area contributed by atoms with Crippen molar-refractivity contribution in [3.63, 3.8) is 0 Å². The first-order valence-corrected chi connectivity index (χ1v) is 5.64. The highest BCUT2D eigenvalue weighted by molar-refractivity contribution is 6.02. The summed E-state index contributed by atoms with van der Waals surface area (Å²) in [5.41, 5.74) is 0.604.